The van der Waals surface area contributed by atoms with Gasteiger partial charge in [0.15, 0.2) is 0 Å². The molecule has 0 radical (unpaired) electrons. The van der Waals surface area contributed by atoms with Gasteiger partial charge < -0.3 is 9.47 Å². The Morgan fingerprint density at radius 3 is 2.81 bits per heavy atom. The predicted molar refractivity (Wildman–Crippen MR) is 52.4 cm³/mol. The van der Waals surface area contributed by atoms with E-state index in [-0.39, 0.29) is 12.4 Å². The van der Waals surface area contributed by atoms with Crippen molar-refractivity contribution in [2.75, 3.05) is 6.61 Å². The van der Waals surface area contributed by atoms with Crippen LogP contribution >= 0.6 is 0 Å². The molecule has 0 spiro atoms. The highest BCUT2D eigenvalue weighted by atomic mass is 16.6. The number of rotatable bonds is 1. The summed E-state index contributed by atoms with van der Waals surface area (Å²) in [6.07, 6.45) is 0.206. The van der Waals surface area contributed by atoms with E-state index in [0.717, 1.165) is 0 Å². The molecule has 0 N–H and O–H groups in total. The monoisotopic (exact) mass is 226 g/mol. The van der Waals surface area contributed by atoms with E-state index >= 15 is 0 Å². The van der Waals surface area contributed by atoms with Crippen LogP contribution in [-0.4, -0.2) is 30.4 Å². The van der Waals surface area contributed by atoms with Crippen molar-refractivity contribution in [1.29, 1.82) is 0 Å². The minimum absolute atomic E-state index is 0.0248. The number of ketones is 1. The number of ether oxygens (including phenoxy) is 2. The molecule has 2 rings (SSSR count). The van der Waals surface area contributed by atoms with Crippen molar-refractivity contribution in [2.45, 2.75) is 32.8 Å². The zero-order valence-electron chi connectivity index (χ0n) is 9.32. The van der Waals surface area contributed by atoms with Crippen molar-refractivity contribution in [2.24, 2.45) is 11.3 Å². The van der Waals surface area contributed by atoms with Crippen LogP contribution < -0.4 is 0 Å². The maximum Gasteiger partial charge on any atom is 0.316 e. The lowest BCUT2D eigenvalue weighted by Gasteiger charge is -2.37. The second-order valence-corrected chi connectivity index (χ2v) is 4.54. The molecule has 2 aliphatic rings. The van der Waals surface area contributed by atoms with E-state index in [0.29, 0.717) is 12.8 Å². The van der Waals surface area contributed by atoms with E-state index in [1.165, 1.54) is 6.92 Å². The smallest absolute Gasteiger partial charge is 0.316 e. The van der Waals surface area contributed by atoms with Gasteiger partial charge >= 0.3 is 11.9 Å². The summed E-state index contributed by atoms with van der Waals surface area (Å²) in [5.41, 5.74) is -0.985. The van der Waals surface area contributed by atoms with E-state index in [1.54, 1.807) is 6.92 Å². The quantitative estimate of drug-likeness (QED) is 0.607. The molecule has 0 amide bonds. The van der Waals surface area contributed by atoms with E-state index < -0.39 is 29.4 Å². The highest BCUT2D eigenvalue weighted by Crippen LogP contribution is 2.46. The fourth-order valence-electron chi connectivity index (χ4n) is 2.54. The Hall–Kier alpha value is -1.39. The predicted octanol–water partition coefficient (Wildman–Crippen LogP) is 0.460. The Balaban J connectivity index is 2.30. The largest absolute Gasteiger partial charge is 0.464 e. The molecule has 1 aliphatic heterocycles. The lowest BCUT2D eigenvalue weighted by atomic mass is 9.66. The van der Waals surface area contributed by atoms with Crippen LogP contribution in [0.25, 0.3) is 0 Å². The Kier molecular flexibility index (Phi) is 2.48. The van der Waals surface area contributed by atoms with Crippen molar-refractivity contribution in [1.82, 2.24) is 0 Å². The van der Waals surface area contributed by atoms with Crippen molar-refractivity contribution in [3.63, 3.8) is 0 Å². The molecule has 0 unspecified atom stereocenters. The summed E-state index contributed by atoms with van der Waals surface area (Å²) in [6, 6.07) is 0. The third-order valence-corrected chi connectivity index (χ3v) is 3.56. The van der Waals surface area contributed by atoms with E-state index in [1.807, 2.05) is 0 Å². The van der Waals surface area contributed by atoms with Gasteiger partial charge in [-0.2, -0.15) is 0 Å². The number of Topliss-reactive ketones (excluding diaryl/α,β-unsaturated/α-hetero) is 1. The molecule has 0 aromatic carbocycles. The molecule has 5 heteroatoms. The van der Waals surface area contributed by atoms with Crippen molar-refractivity contribution in [3.8, 4) is 0 Å². The zero-order chi connectivity index (χ0) is 11.9. The first-order valence-electron chi connectivity index (χ1n) is 5.33. The fraction of sp³-hybridized carbons (Fsp3) is 0.727. The molecular formula is C11H14O5. The van der Waals surface area contributed by atoms with Crippen molar-refractivity contribution < 1.29 is 23.9 Å². The molecule has 0 aromatic heterocycles. The summed E-state index contributed by atoms with van der Waals surface area (Å²) in [5, 5.41) is 0. The van der Waals surface area contributed by atoms with Gasteiger partial charge in [0.2, 0.25) is 0 Å². The molecule has 1 heterocycles. The molecule has 1 aliphatic carbocycles. The van der Waals surface area contributed by atoms with Gasteiger partial charge in [-0.1, -0.05) is 0 Å². The zero-order valence-corrected chi connectivity index (χ0v) is 9.32. The van der Waals surface area contributed by atoms with E-state index in [4.69, 9.17) is 9.47 Å². The Morgan fingerprint density at radius 1 is 1.50 bits per heavy atom. The van der Waals surface area contributed by atoms with Crippen LogP contribution in [0, 0.1) is 11.3 Å². The molecule has 3 atom stereocenters. The van der Waals surface area contributed by atoms with Gasteiger partial charge in [0.1, 0.15) is 23.9 Å². The molecule has 0 aromatic rings. The maximum absolute atomic E-state index is 11.7. The molecule has 88 valence electrons. The normalized spacial score (nSPS) is 37.9. The average Bonchev–Trinajstić information content (AvgIpc) is 2.50. The number of cyclic esters (lactones) is 1. The summed E-state index contributed by atoms with van der Waals surface area (Å²) in [6.45, 7) is 3.07. The second-order valence-electron chi connectivity index (χ2n) is 4.54. The summed E-state index contributed by atoms with van der Waals surface area (Å²) >= 11 is 0. The SMILES string of the molecule is CC(=O)O[C@@H]1CCC(=O)[C@@H]2COC(=O)[C@]12C. The average molecular weight is 226 g/mol. The third-order valence-electron chi connectivity index (χ3n) is 3.56. The minimum Gasteiger partial charge on any atom is -0.464 e. The number of hydrogen-bond acceptors (Lipinski definition) is 5. The first-order chi connectivity index (χ1) is 7.46. The summed E-state index contributed by atoms with van der Waals surface area (Å²) in [5.74, 6) is -1.30. The number of carbonyl (C=O) groups excluding carboxylic acids is 3. The number of hydrogen-bond donors (Lipinski definition) is 0. The van der Waals surface area contributed by atoms with Crippen LogP contribution in [-0.2, 0) is 23.9 Å². The van der Waals surface area contributed by atoms with Gasteiger partial charge in [-0.15, -0.1) is 0 Å². The van der Waals surface area contributed by atoms with Crippen LogP contribution in [0.5, 0.6) is 0 Å². The lowest BCUT2D eigenvalue weighted by molar-refractivity contribution is -0.169. The Morgan fingerprint density at radius 2 is 2.19 bits per heavy atom. The van der Waals surface area contributed by atoms with Crippen LogP contribution in [0.15, 0.2) is 0 Å². The van der Waals surface area contributed by atoms with Crippen LogP contribution in [0.3, 0.4) is 0 Å². The Bertz CT molecular complexity index is 361. The van der Waals surface area contributed by atoms with E-state index in [2.05, 4.69) is 0 Å². The number of esters is 2. The van der Waals surface area contributed by atoms with Gasteiger partial charge in [-0.05, 0) is 13.3 Å². The number of fused-ring (bicyclic) bond motifs is 1. The van der Waals surface area contributed by atoms with Gasteiger partial charge in [0.25, 0.3) is 0 Å². The summed E-state index contributed by atoms with van der Waals surface area (Å²) in [4.78, 5) is 34.4. The van der Waals surface area contributed by atoms with Gasteiger partial charge in [-0.3, -0.25) is 14.4 Å². The van der Waals surface area contributed by atoms with Crippen molar-refractivity contribution >= 4 is 17.7 Å². The molecule has 1 saturated heterocycles. The van der Waals surface area contributed by atoms with Crippen molar-refractivity contribution in [3.05, 3.63) is 0 Å². The summed E-state index contributed by atoms with van der Waals surface area (Å²) in [7, 11) is 0. The first kappa shape index (κ1) is 11.1. The second kappa shape index (κ2) is 3.57. The van der Waals surface area contributed by atoms with Crippen LogP contribution in [0.2, 0.25) is 0 Å². The molecule has 16 heavy (non-hydrogen) atoms. The highest BCUT2D eigenvalue weighted by molar-refractivity contribution is 5.93. The van der Waals surface area contributed by atoms with E-state index in [9.17, 15) is 14.4 Å². The first-order valence-corrected chi connectivity index (χ1v) is 5.33. The molecular weight excluding hydrogens is 212 g/mol. The van der Waals surface area contributed by atoms with Gasteiger partial charge in [0.05, 0.1) is 5.92 Å². The fourth-order valence-corrected chi connectivity index (χ4v) is 2.54. The van der Waals surface area contributed by atoms with Crippen LogP contribution in [0.1, 0.15) is 26.7 Å². The lowest BCUT2D eigenvalue weighted by Crippen LogP contribution is -2.50. The van der Waals surface area contributed by atoms with Crippen LogP contribution in [0.4, 0.5) is 0 Å². The Labute approximate surface area is 93.1 Å². The highest BCUT2D eigenvalue weighted by Gasteiger charge is 2.60. The summed E-state index contributed by atoms with van der Waals surface area (Å²) < 4.78 is 10.1. The molecule has 2 fully saturated rings. The minimum atomic E-state index is -0.985. The third kappa shape index (κ3) is 1.42. The molecule has 1 saturated carbocycles. The topological polar surface area (TPSA) is 69.7 Å². The standard InChI is InChI=1S/C11H14O5/c1-6(12)16-9-4-3-8(13)7-5-15-10(14)11(7,9)2/h7,9H,3-5H2,1-2H3/t7-,9+,11-/m0/s1. The molecule has 5 nitrogen and oxygen atoms in total. The van der Waals surface area contributed by atoms with Gasteiger partial charge in [-0.25, -0.2) is 0 Å². The molecule has 0 bridgehead atoms. The maximum atomic E-state index is 11.7. The number of carbonyl (C=O) groups is 3. The van der Waals surface area contributed by atoms with Gasteiger partial charge in [0, 0.05) is 13.3 Å².